The van der Waals surface area contributed by atoms with Crippen molar-refractivity contribution >= 4 is 5.91 Å². The summed E-state index contributed by atoms with van der Waals surface area (Å²) in [6, 6.07) is 4.59. The third kappa shape index (κ3) is 4.10. The number of nitrogens with zero attached hydrogens (tertiary/aromatic N) is 1. The van der Waals surface area contributed by atoms with Crippen LogP contribution in [0.1, 0.15) is 25.0 Å². The van der Waals surface area contributed by atoms with E-state index in [0.717, 1.165) is 6.07 Å². The van der Waals surface area contributed by atoms with Crippen molar-refractivity contribution in [3.63, 3.8) is 0 Å². The van der Waals surface area contributed by atoms with Gasteiger partial charge in [-0.2, -0.15) is 18.4 Å². The van der Waals surface area contributed by atoms with Crippen LogP contribution in [0.15, 0.2) is 18.2 Å². The summed E-state index contributed by atoms with van der Waals surface area (Å²) >= 11 is 0. The van der Waals surface area contributed by atoms with Gasteiger partial charge in [-0.1, -0.05) is 0 Å². The van der Waals surface area contributed by atoms with Crippen molar-refractivity contribution < 1.29 is 22.7 Å². The number of hydrogen-bond acceptors (Lipinski definition) is 4. The third-order valence-electron chi connectivity index (χ3n) is 2.75. The SMILES string of the molecule is CC(C)(COc1ccc(C#N)cc1C(F)(F)F)C(=O)NN. The lowest BCUT2D eigenvalue weighted by Gasteiger charge is -2.23. The predicted octanol–water partition coefficient (Wildman–Crippen LogP) is 1.97. The zero-order valence-electron chi connectivity index (χ0n) is 11.4. The van der Waals surface area contributed by atoms with Crippen molar-refractivity contribution in [3.05, 3.63) is 29.3 Å². The summed E-state index contributed by atoms with van der Waals surface area (Å²) in [4.78, 5) is 11.5. The molecule has 1 amide bonds. The van der Waals surface area contributed by atoms with E-state index in [2.05, 4.69) is 0 Å². The quantitative estimate of drug-likeness (QED) is 0.505. The molecule has 0 fully saturated rings. The van der Waals surface area contributed by atoms with Crippen LogP contribution in [0.2, 0.25) is 0 Å². The molecule has 0 radical (unpaired) electrons. The van der Waals surface area contributed by atoms with Crippen LogP contribution in [0.4, 0.5) is 13.2 Å². The lowest BCUT2D eigenvalue weighted by atomic mass is 9.94. The Bertz CT molecular complexity index is 577. The van der Waals surface area contributed by atoms with Crippen LogP contribution >= 0.6 is 0 Å². The zero-order valence-corrected chi connectivity index (χ0v) is 11.4. The molecule has 1 aromatic carbocycles. The molecule has 0 spiro atoms. The van der Waals surface area contributed by atoms with Crippen molar-refractivity contribution in [2.75, 3.05) is 6.61 Å². The number of ether oxygens (including phenoxy) is 1. The molecule has 114 valence electrons. The number of nitrogens with one attached hydrogen (secondary N) is 1. The van der Waals surface area contributed by atoms with Crippen LogP contribution in [-0.4, -0.2) is 12.5 Å². The van der Waals surface area contributed by atoms with E-state index in [9.17, 15) is 18.0 Å². The Labute approximate surface area is 119 Å². The topological polar surface area (TPSA) is 88.1 Å². The van der Waals surface area contributed by atoms with Gasteiger partial charge in [-0.15, -0.1) is 0 Å². The minimum absolute atomic E-state index is 0.131. The Morgan fingerprint density at radius 3 is 2.52 bits per heavy atom. The minimum Gasteiger partial charge on any atom is -0.492 e. The van der Waals surface area contributed by atoms with Gasteiger partial charge >= 0.3 is 6.18 Å². The lowest BCUT2D eigenvalue weighted by Crippen LogP contribution is -2.44. The summed E-state index contributed by atoms with van der Waals surface area (Å²) in [6.45, 7) is 2.66. The molecule has 0 atom stereocenters. The highest BCUT2D eigenvalue weighted by Crippen LogP contribution is 2.37. The molecule has 8 heteroatoms. The maximum absolute atomic E-state index is 12.9. The number of hydrogen-bond donors (Lipinski definition) is 2. The summed E-state index contributed by atoms with van der Waals surface area (Å²) in [5, 5.41) is 8.66. The van der Waals surface area contributed by atoms with Gasteiger partial charge < -0.3 is 4.74 Å². The van der Waals surface area contributed by atoms with Crippen LogP contribution in [0.3, 0.4) is 0 Å². The molecule has 3 N–H and O–H groups in total. The molecule has 0 aliphatic rings. The fourth-order valence-electron chi connectivity index (χ4n) is 1.47. The third-order valence-corrected chi connectivity index (χ3v) is 2.75. The number of carbonyl (C=O) groups excluding carboxylic acids is 1. The molecule has 0 bridgehead atoms. The number of amides is 1. The highest BCUT2D eigenvalue weighted by Gasteiger charge is 2.36. The molecule has 0 unspecified atom stereocenters. The van der Waals surface area contributed by atoms with Crippen molar-refractivity contribution in [2.45, 2.75) is 20.0 Å². The summed E-state index contributed by atoms with van der Waals surface area (Å²) in [7, 11) is 0. The molecule has 0 aromatic heterocycles. The molecule has 1 aromatic rings. The van der Waals surface area contributed by atoms with Crippen molar-refractivity contribution in [2.24, 2.45) is 11.3 Å². The highest BCUT2D eigenvalue weighted by molar-refractivity contribution is 5.81. The Balaban J connectivity index is 3.05. The van der Waals surface area contributed by atoms with Crippen LogP contribution in [0.5, 0.6) is 5.75 Å². The van der Waals surface area contributed by atoms with E-state index in [1.807, 2.05) is 5.43 Å². The van der Waals surface area contributed by atoms with E-state index in [0.29, 0.717) is 6.07 Å². The number of carbonyl (C=O) groups is 1. The van der Waals surface area contributed by atoms with Crippen molar-refractivity contribution in [1.29, 1.82) is 5.26 Å². The normalized spacial score (nSPS) is 11.7. The van der Waals surface area contributed by atoms with Crippen molar-refractivity contribution in [1.82, 2.24) is 5.43 Å². The predicted molar refractivity (Wildman–Crippen MR) is 67.8 cm³/mol. The van der Waals surface area contributed by atoms with Gasteiger partial charge in [0.2, 0.25) is 5.91 Å². The first kappa shape index (κ1) is 16.8. The summed E-state index contributed by atoms with van der Waals surface area (Å²) in [5.41, 5.74) is -0.380. The molecule has 5 nitrogen and oxygen atoms in total. The maximum atomic E-state index is 12.9. The van der Waals surface area contributed by atoms with Gasteiger partial charge in [-0.3, -0.25) is 10.2 Å². The number of nitriles is 1. The van der Waals surface area contributed by atoms with Gasteiger partial charge in [0, 0.05) is 0 Å². The van der Waals surface area contributed by atoms with Crippen LogP contribution < -0.4 is 16.0 Å². The van der Waals surface area contributed by atoms with E-state index < -0.39 is 28.8 Å². The van der Waals surface area contributed by atoms with Gasteiger partial charge in [0.25, 0.3) is 0 Å². The van der Waals surface area contributed by atoms with E-state index in [-0.39, 0.29) is 12.2 Å². The molecule has 0 aliphatic carbocycles. The Morgan fingerprint density at radius 1 is 1.43 bits per heavy atom. The van der Waals surface area contributed by atoms with Gasteiger partial charge in [-0.25, -0.2) is 5.84 Å². The second-order valence-corrected chi connectivity index (χ2v) is 4.97. The molecule has 0 saturated carbocycles. The highest BCUT2D eigenvalue weighted by atomic mass is 19.4. The molecule has 1 rings (SSSR count). The summed E-state index contributed by atoms with van der Waals surface area (Å²) in [5.74, 6) is 3.98. The number of hydrazine groups is 1. The zero-order chi connectivity index (χ0) is 16.3. The number of rotatable bonds is 4. The van der Waals surface area contributed by atoms with Gasteiger partial charge in [0.15, 0.2) is 0 Å². The average Bonchev–Trinajstić information content (AvgIpc) is 2.43. The fraction of sp³-hybridized carbons (Fsp3) is 0.385. The Morgan fingerprint density at radius 2 is 2.05 bits per heavy atom. The van der Waals surface area contributed by atoms with E-state index in [1.165, 1.54) is 19.9 Å². The molecular weight excluding hydrogens is 287 g/mol. The monoisotopic (exact) mass is 301 g/mol. The van der Waals surface area contributed by atoms with Gasteiger partial charge in [-0.05, 0) is 32.0 Å². The standard InChI is InChI=1S/C13H14F3N3O2/c1-12(2,11(20)19-18)7-21-10-4-3-8(6-17)5-9(10)13(14,15)16/h3-5H,7,18H2,1-2H3,(H,19,20). The van der Waals surface area contributed by atoms with Crippen LogP contribution in [-0.2, 0) is 11.0 Å². The first-order chi connectivity index (χ1) is 9.61. The summed E-state index contributed by atoms with van der Waals surface area (Å²) < 4.78 is 43.9. The number of alkyl halides is 3. The molecule has 21 heavy (non-hydrogen) atoms. The van der Waals surface area contributed by atoms with Crippen LogP contribution in [0.25, 0.3) is 0 Å². The van der Waals surface area contributed by atoms with Crippen molar-refractivity contribution in [3.8, 4) is 11.8 Å². The fourth-order valence-corrected chi connectivity index (χ4v) is 1.47. The van der Waals surface area contributed by atoms with E-state index >= 15 is 0 Å². The van der Waals surface area contributed by atoms with E-state index in [1.54, 1.807) is 6.07 Å². The number of halogens is 3. The first-order valence-electron chi connectivity index (χ1n) is 5.87. The Hall–Kier alpha value is -2.27. The lowest BCUT2D eigenvalue weighted by molar-refractivity contribution is -0.139. The summed E-state index contributed by atoms with van der Waals surface area (Å²) in [6.07, 6.45) is -4.66. The smallest absolute Gasteiger partial charge is 0.420 e. The minimum atomic E-state index is -4.66. The second kappa shape index (κ2) is 6.01. The van der Waals surface area contributed by atoms with Gasteiger partial charge in [0.05, 0.1) is 22.6 Å². The molecule has 0 aliphatic heterocycles. The Kier molecular flexibility index (Phi) is 4.80. The number of nitrogens with two attached hydrogens (primary N) is 1. The molecular formula is C13H14F3N3O2. The number of benzene rings is 1. The average molecular weight is 301 g/mol. The van der Waals surface area contributed by atoms with Gasteiger partial charge in [0.1, 0.15) is 12.4 Å². The molecule has 0 heterocycles. The molecule has 0 saturated heterocycles. The van der Waals surface area contributed by atoms with Crippen LogP contribution in [0, 0.1) is 16.7 Å². The first-order valence-corrected chi connectivity index (χ1v) is 5.87. The second-order valence-electron chi connectivity index (χ2n) is 4.97. The van der Waals surface area contributed by atoms with E-state index in [4.69, 9.17) is 15.8 Å². The maximum Gasteiger partial charge on any atom is 0.420 e. The largest absolute Gasteiger partial charge is 0.492 e.